The summed E-state index contributed by atoms with van der Waals surface area (Å²) in [6.45, 7) is 4.31. The molecule has 134 valence electrons. The minimum Gasteiger partial charge on any atom is -0.475 e. The van der Waals surface area contributed by atoms with Crippen LogP contribution in [0.3, 0.4) is 0 Å². The van der Waals surface area contributed by atoms with E-state index in [1.165, 1.54) is 24.0 Å². The van der Waals surface area contributed by atoms with Crippen LogP contribution in [-0.2, 0) is 13.0 Å². The van der Waals surface area contributed by atoms with E-state index in [0.29, 0.717) is 5.58 Å². The second-order valence-corrected chi connectivity index (χ2v) is 7.47. The Morgan fingerprint density at radius 3 is 2.73 bits per heavy atom. The number of hydrogen-bond donors (Lipinski definition) is 1. The molecule has 1 atom stereocenters. The Labute approximate surface area is 153 Å². The predicted molar refractivity (Wildman–Crippen MR) is 101 cm³/mol. The molecule has 0 amide bonds. The number of carbonyl (C=O) groups is 1. The van der Waals surface area contributed by atoms with Crippen molar-refractivity contribution in [3.8, 4) is 0 Å². The third-order valence-electron chi connectivity index (χ3n) is 5.50. The highest BCUT2D eigenvalue weighted by Crippen LogP contribution is 2.34. The molecule has 26 heavy (non-hydrogen) atoms. The molecule has 2 aromatic carbocycles. The molecule has 0 spiro atoms. The summed E-state index contributed by atoms with van der Waals surface area (Å²) in [5.74, 6) is -1.04. The van der Waals surface area contributed by atoms with Gasteiger partial charge in [-0.2, -0.15) is 0 Å². The third kappa shape index (κ3) is 3.25. The van der Waals surface area contributed by atoms with Crippen LogP contribution in [0.5, 0.6) is 0 Å². The van der Waals surface area contributed by atoms with E-state index in [2.05, 4.69) is 42.2 Å². The monoisotopic (exact) mass is 349 g/mol. The van der Waals surface area contributed by atoms with Gasteiger partial charge in [0.1, 0.15) is 5.58 Å². The second-order valence-electron chi connectivity index (χ2n) is 7.47. The first-order chi connectivity index (χ1) is 12.5. The lowest BCUT2D eigenvalue weighted by Crippen LogP contribution is -2.42. The molecule has 1 fully saturated rings. The smallest absolute Gasteiger partial charge is 0.371 e. The van der Waals surface area contributed by atoms with Crippen molar-refractivity contribution in [3.05, 3.63) is 71.5 Å². The van der Waals surface area contributed by atoms with Crippen LogP contribution in [0.15, 0.2) is 59.0 Å². The number of carboxylic acid groups (broad SMARTS) is 1. The van der Waals surface area contributed by atoms with Crippen LogP contribution in [0.1, 0.15) is 41.4 Å². The van der Waals surface area contributed by atoms with Gasteiger partial charge in [-0.15, -0.1) is 0 Å². The van der Waals surface area contributed by atoms with Gasteiger partial charge in [-0.3, -0.25) is 4.90 Å². The predicted octanol–water partition coefficient (Wildman–Crippen LogP) is 4.73. The summed E-state index contributed by atoms with van der Waals surface area (Å²) in [7, 11) is 0. The van der Waals surface area contributed by atoms with Crippen LogP contribution in [0.25, 0.3) is 11.0 Å². The highest BCUT2D eigenvalue weighted by molar-refractivity contribution is 5.91. The van der Waals surface area contributed by atoms with Crippen LogP contribution >= 0.6 is 0 Å². The molecule has 1 saturated heterocycles. The number of nitrogens with zero attached hydrogens (tertiary/aromatic N) is 1. The Morgan fingerprint density at radius 1 is 1.15 bits per heavy atom. The van der Waals surface area contributed by atoms with Gasteiger partial charge in [0.2, 0.25) is 5.76 Å². The highest BCUT2D eigenvalue weighted by atomic mass is 16.4. The van der Waals surface area contributed by atoms with Crippen molar-refractivity contribution in [2.75, 3.05) is 6.54 Å². The molecule has 3 aromatic rings. The minimum absolute atomic E-state index is 0.00719. The lowest BCUT2D eigenvalue weighted by Gasteiger charge is -2.35. The van der Waals surface area contributed by atoms with E-state index < -0.39 is 5.97 Å². The number of aromatic carboxylic acids is 1. The van der Waals surface area contributed by atoms with E-state index in [0.717, 1.165) is 24.9 Å². The fourth-order valence-electron chi connectivity index (χ4n) is 4.10. The van der Waals surface area contributed by atoms with Gasteiger partial charge in [-0.1, -0.05) is 36.4 Å². The number of furan rings is 1. The summed E-state index contributed by atoms with van der Waals surface area (Å²) in [6, 6.07) is 18.2. The molecule has 4 nitrogen and oxygen atoms in total. The first kappa shape index (κ1) is 16.9. The molecule has 1 unspecified atom stereocenters. The molecule has 0 bridgehead atoms. The normalized spacial score (nSPS) is 20.7. The van der Waals surface area contributed by atoms with Gasteiger partial charge in [0, 0.05) is 17.5 Å². The molecular formula is C22H23NO3. The standard InChI is InChI=1S/C22H23NO3/c1-22(14-16-6-3-2-4-7-16)10-5-11-23(22)15-17-8-9-19-18(12-17)13-20(26-19)21(24)25/h2-4,6-9,12-13H,5,10-11,14-15H2,1H3,(H,24,25). The largest absolute Gasteiger partial charge is 0.475 e. The van der Waals surface area contributed by atoms with Crippen LogP contribution < -0.4 is 0 Å². The van der Waals surface area contributed by atoms with E-state index >= 15 is 0 Å². The van der Waals surface area contributed by atoms with Crippen molar-refractivity contribution in [1.29, 1.82) is 0 Å². The molecule has 2 heterocycles. The third-order valence-corrected chi connectivity index (χ3v) is 5.50. The van der Waals surface area contributed by atoms with Gasteiger partial charge in [-0.05, 0) is 62.1 Å². The number of hydrogen-bond acceptors (Lipinski definition) is 3. The minimum atomic E-state index is -1.03. The zero-order valence-electron chi connectivity index (χ0n) is 14.9. The zero-order valence-corrected chi connectivity index (χ0v) is 14.9. The van der Waals surface area contributed by atoms with Crippen molar-refractivity contribution in [2.24, 2.45) is 0 Å². The first-order valence-corrected chi connectivity index (χ1v) is 9.08. The Morgan fingerprint density at radius 2 is 1.96 bits per heavy atom. The fraction of sp³-hybridized carbons (Fsp3) is 0.318. The summed E-state index contributed by atoms with van der Waals surface area (Å²) < 4.78 is 5.36. The van der Waals surface area contributed by atoms with Gasteiger partial charge in [0.25, 0.3) is 0 Å². The maximum atomic E-state index is 11.1. The van der Waals surface area contributed by atoms with Crippen molar-refractivity contribution in [1.82, 2.24) is 4.90 Å². The molecule has 0 radical (unpaired) electrons. The van der Waals surface area contributed by atoms with Gasteiger partial charge < -0.3 is 9.52 Å². The van der Waals surface area contributed by atoms with Crippen LogP contribution in [0.4, 0.5) is 0 Å². The molecule has 0 aliphatic carbocycles. The zero-order chi connectivity index (χ0) is 18.1. The number of rotatable bonds is 5. The summed E-state index contributed by atoms with van der Waals surface area (Å²) in [5.41, 5.74) is 3.34. The SMILES string of the molecule is CC1(Cc2ccccc2)CCCN1Cc1ccc2oc(C(=O)O)cc2c1. The van der Waals surface area contributed by atoms with Crippen molar-refractivity contribution in [2.45, 2.75) is 38.3 Å². The van der Waals surface area contributed by atoms with Crippen molar-refractivity contribution >= 4 is 16.9 Å². The van der Waals surface area contributed by atoms with Gasteiger partial charge in [0.15, 0.2) is 0 Å². The van der Waals surface area contributed by atoms with E-state index in [1.807, 2.05) is 18.2 Å². The topological polar surface area (TPSA) is 53.7 Å². The Balaban J connectivity index is 1.55. The summed E-state index contributed by atoms with van der Waals surface area (Å²) in [6.07, 6.45) is 3.45. The van der Waals surface area contributed by atoms with Crippen LogP contribution in [0, 0.1) is 0 Å². The molecule has 4 rings (SSSR count). The lowest BCUT2D eigenvalue weighted by atomic mass is 9.90. The van der Waals surface area contributed by atoms with E-state index in [9.17, 15) is 4.79 Å². The second kappa shape index (κ2) is 6.61. The van der Waals surface area contributed by atoms with E-state index in [4.69, 9.17) is 9.52 Å². The number of likely N-dealkylation sites (tertiary alicyclic amines) is 1. The molecule has 4 heteroatoms. The van der Waals surface area contributed by atoms with Crippen molar-refractivity contribution in [3.63, 3.8) is 0 Å². The van der Waals surface area contributed by atoms with E-state index in [1.54, 1.807) is 6.07 Å². The summed E-state index contributed by atoms with van der Waals surface area (Å²) in [4.78, 5) is 13.6. The molecular weight excluding hydrogens is 326 g/mol. The lowest BCUT2D eigenvalue weighted by molar-refractivity contribution is 0.0665. The quantitative estimate of drug-likeness (QED) is 0.723. The Hall–Kier alpha value is -2.59. The first-order valence-electron chi connectivity index (χ1n) is 9.08. The molecule has 0 saturated carbocycles. The van der Waals surface area contributed by atoms with Crippen LogP contribution in [-0.4, -0.2) is 28.1 Å². The fourth-order valence-corrected chi connectivity index (χ4v) is 4.10. The van der Waals surface area contributed by atoms with Gasteiger partial charge in [-0.25, -0.2) is 4.79 Å². The molecule has 1 aromatic heterocycles. The molecule has 1 aliphatic rings. The average Bonchev–Trinajstić information content (AvgIpc) is 3.20. The number of carboxylic acids is 1. The van der Waals surface area contributed by atoms with Gasteiger partial charge >= 0.3 is 5.97 Å². The summed E-state index contributed by atoms with van der Waals surface area (Å²) in [5, 5.41) is 9.94. The van der Waals surface area contributed by atoms with Crippen LogP contribution in [0.2, 0.25) is 0 Å². The average molecular weight is 349 g/mol. The number of fused-ring (bicyclic) bond motifs is 1. The maximum Gasteiger partial charge on any atom is 0.371 e. The maximum absolute atomic E-state index is 11.1. The van der Waals surface area contributed by atoms with Gasteiger partial charge in [0.05, 0.1) is 0 Å². The summed E-state index contributed by atoms with van der Waals surface area (Å²) >= 11 is 0. The molecule has 1 N–H and O–H groups in total. The molecule has 1 aliphatic heterocycles. The highest BCUT2D eigenvalue weighted by Gasteiger charge is 2.36. The Kier molecular flexibility index (Phi) is 4.29. The number of benzene rings is 2. The van der Waals surface area contributed by atoms with E-state index in [-0.39, 0.29) is 11.3 Å². The van der Waals surface area contributed by atoms with Crippen molar-refractivity contribution < 1.29 is 14.3 Å². The Bertz CT molecular complexity index is 931.